The minimum Gasteiger partial charge on any atom is -0.388 e. The predicted molar refractivity (Wildman–Crippen MR) is 108 cm³/mol. The van der Waals surface area contributed by atoms with E-state index in [2.05, 4.69) is 15.0 Å². The van der Waals surface area contributed by atoms with Crippen LogP contribution in [0.4, 0.5) is 0 Å². The van der Waals surface area contributed by atoms with Crippen LogP contribution in [0.1, 0.15) is 34.2 Å². The molecule has 1 aliphatic rings. The third-order valence-electron chi connectivity index (χ3n) is 4.96. The first-order chi connectivity index (χ1) is 13.6. The zero-order valence-electron chi connectivity index (χ0n) is 15.0. The third kappa shape index (κ3) is 4.06. The number of hydrogen-bond donors (Lipinski definition) is 1. The molecule has 144 valence electrons. The topological polar surface area (TPSA) is 79.2 Å². The molecule has 0 aliphatic carbocycles. The quantitative estimate of drug-likeness (QED) is 0.701. The number of benzene rings is 1. The first-order valence-corrected chi connectivity index (χ1v) is 10.3. The highest BCUT2D eigenvalue weighted by Gasteiger charge is 2.29. The zero-order chi connectivity index (χ0) is 19.5. The van der Waals surface area contributed by atoms with Crippen molar-refractivity contribution in [3.63, 3.8) is 0 Å². The van der Waals surface area contributed by atoms with Crippen molar-refractivity contribution in [3.8, 4) is 10.8 Å². The van der Waals surface area contributed by atoms with E-state index in [1.807, 2.05) is 17.0 Å². The molecule has 0 unspecified atom stereocenters. The lowest BCUT2D eigenvalue weighted by Gasteiger charge is -2.34. The summed E-state index contributed by atoms with van der Waals surface area (Å²) >= 11 is 7.22. The van der Waals surface area contributed by atoms with Crippen LogP contribution in [-0.2, 0) is 0 Å². The van der Waals surface area contributed by atoms with Gasteiger partial charge >= 0.3 is 0 Å². The number of piperidine rings is 1. The average molecular weight is 415 g/mol. The predicted octanol–water partition coefficient (Wildman–Crippen LogP) is 3.84. The second kappa shape index (κ2) is 8.34. The van der Waals surface area contributed by atoms with Gasteiger partial charge in [0.15, 0.2) is 10.8 Å². The lowest BCUT2D eigenvalue weighted by Crippen LogP contribution is -2.39. The summed E-state index contributed by atoms with van der Waals surface area (Å²) < 4.78 is 0. The van der Waals surface area contributed by atoms with Crippen LogP contribution in [0.5, 0.6) is 0 Å². The van der Waals surface area contributed by atoms with Crippen molar-refractivity contribution in [2.75, 3.05) is 13.1 Å². The van der Waals surface area contributed by atoms with Crippen molar-refractivity contribution in [1.29, 1.82) is 0 Å². The van der Waals surface area contributed by atoms with Gasteiger partial charge in [0, 0.05) is 30.5 Å². The second-order valence-corrected chi connectivity index (χ2v) is 8.20. The molecule has 4 rings (SSSR count). The van der Waals surface area contributed by atoms with Gasteiger partial charge < -0.3 is 10.0 Å². The second-order valence-electron chi connectivity index (χ2n) is 6.73. The highest BCUT2D eigenvalue weighted by Crippen LogP contribution is 2.32. The van der Waals surface area contributed by atoms with Gasteiger partial charge in [-0.05, 0) is 42.5 Å². The van der Waals surface area contributed by atoms with Crippen molar-refractivity contribution in [1.82, 2.24) is 19.9 Å². The summed E-state index contributed by atoms with van der Waals surface area (Å²) in [6.45, 7) is 1.23. The number of rotatable bonds is 4. The molecule has 1 amide bonds. The average Bonchev–Trinajstić information content (AvgIpc) is 3.24. The van der Waals surface area contributed by atoms with Crippen LogP contribution in [0, 0.1) is 5.92 Å². The molecule has 3 aromatic rings. The van der Waals surface area contributed by atoms with Gasteiger partial charge in [0.05, 0.1) is 12.3 Å². The van der Waals surface area contributed by atoms with E-state index in [1.165, 1.54) is 11.3 Å². The molecule has 3 heterocycles. The molecule has 1 aliphatic heterocycles. The Hall–Kier alpha value is -2.35. The van der Waals surface area contributed by atoms with Gasteiger partial charge in [0.2, 0.25) is 0 Å². The standard InChI is InChI=1S/C20H19ClN4O2S/c21-15-4-2-13(3-5-15)17(26)14-6-10-25(11-7-14)20(27)16-12-24-19(28-16)18-22-8-1-9-23-18/h1-5,8-9,12,14,17,26H,6-7,10-11H2/t17-/m1/s1. The fourth-order valence-corrected chi connectivity index (χ4v) is 4.35. The Morgan fingerprint density at radius 3 is 2.50 bits per heavy atom. The van der Waals surface area contributed by atoms with Gasteiger partial charge in [-0.1, -0.05) is 23.7 Å². The molecule has 1 N–H and O–H groups in total. The summed E-state index contributed by atoms with van der Waals surface area (Å²) in [5.74, 6) is 0.621. The van der Waals surface area contributed by atoms with E-state index < -0.39 is 6.10 Å². The fraction of sp³-hybridized carbons (Fsp3) is 0.300. The van der Waals surface area contributed by atoms with Crippen LogP contribution < -0.4 is 0 Å². The summed E-state index contributed by atoms with van der Waals surface area (Å²) in [4.78, 5) is 27.9. The number of thiazole rings is 1. The first kappa shape index (κ1) is 19.0. The normalized spacial score (nSPS) is 16.1. The molecular formula is C20H19ClN4O2S. The molecule has 0 saturated carbocycles. The summed E-state index contributed by atoms with van der Waals surface area (Å²) in [6, 6.07) is 9.03. The largest absolute Gasteiger partial charge is 0.388 e. The maximum absolute atomic E-state index is 12.8. The number of aliphatic hydroxyl groups excluding tert-OH is 1. The molecule has 1 fully saturated rings. The molecule has 2 aromatic heterocycles. The molecule has 0 bridgehead atoms. The number of amides is 1. The molecule has 1 aromatic carbocycles. The Morgan fingerprint density at radius 1 is 1.14 bits per heavy atom. The Morgan fingerprint density at radius 2 is 1.82 bits per heavy atom. The van der Waals surface area contributed by atoms with E-state index in [0.29, 0.717) is 33.8 Å². The molecule has 8 heteroatoms. The number of hydrogen-bond acceptors (Lipinski definition) is 6. The fourth-order valence-electron chi connectivity index (χ4n) is 3.39. The zero-order valence-corrected chi connectivity index (χ0v) is 16.6. The van der Waals surface area contributed by atoms with E-state index in [-0.39, 0.29) is 11.8 Å². The molecular weight excluding hydrogens is 396 g/mol. The maximum atomic E-state index is 12.8. The van der Waals surface area contributed by atoms with Crippen LogP contribution in [0.2, 0.25) is 5.02 Å². The van der Waals surface area contributed by atoms with Crippen molar-refractivity contribution in [3.05, 3.63) is 64.4 Å². The smallest absolute Gasteiger partial charge is 0.265 e. The van der Waals surface area contributed by atoms with E-state index >= 15 is 0 Å². The van der Waals surface area contributed by atoms with Gasteiger partial charge in [0.25, 0.3) is 5.91 Å². The monoisotopic (exact) mass is 414 g/mol. The van der Waals surface area contributed by atoms with Gasteiger partial charge in [-0.3, -0.25) is 4.79 Å². The van der Waals surface area contributed by atoms with Gasteiger partial charge in [0.1, 0.15) is 4.88 Å². The Balaban J connectivity index is 1.38. The van der Waals surface area contributed by atoms with Crippen molar-refractivity contribution < 1.29 is 9.90 Å². The van der Waals surface area contributed by atoms with Crippen LogP contribution in [0.25, 0.3) is 10.8 Å². The highest BCUT2D eigenvalue weighted by atomic mass is 35.5. The summed E-state index contributed by atoms with van der Waals surface area (Å²) in [6.07, 6.45) is 5.86. The Labute approximate surface area is 171 Å². The first-order valence-electron chi connectivity index (χ1n) is 9.08. The third-order valence-corrected chi connectivity index (χ3v) is 6.19. The lowest BCUT2D eigenvalue weighted by atomic mass is 9.87. The van der Waals surface area contributed by atoms with E-state index in [9.17, 15) is 9.90 Å². The molecule has 1 saturated heterocycles. The number of carbonyl (C=O) groups is 1. The maximum Gasteiger partial charge on any atom is 0.265 e. The summed E-state index contributed by atoms with van der Waals surface area (Å²) in [7, 11) is 0. The number of aliphatic hydroxyl groups is 1. The molecule has 0 spiro atoms. The number of halogens is 1. The number of nitrogens with zero attached hydrogens (tertiary/aromatic N) is 4. The van der Waals surface area contributed by atoms with Crippen molar-refractivity contribution in [2.45, 2.75) is 18.9 Å². The van der Waals surface area contributed by atoms with Gasteiger partial charge in [-0.2, -0.15) is 0 Å². The van der Waals surface area contributed by atoms with E-state index in [1.54, 1.807) is 36.8 Å². The van der Waals surface area contributed by atoms with Gasteiger partial charge in [-0.15, -0.1) is 11.3 Å². The minimum atomic E-state index is -0.542. The Bertz CT molecular complexity index is 940. The number of carbonyl (C=O) groups excluding carboxylic acids is 1. The summed E-state index contributed by atoms with van der Waals surface area (Å²) in [5.41, 5.74) is 0.865. The van der Waals surface area contributed by atoms with E-state index in [0.717, 1.165) is 18.4 Å². The molecule has 28 heavy (non-hydrogen) atoms. The van der Waals surface area contributed by atoms with Crippen LogP contribution in [0.3, 0.4) is 0 Å². The van der Waals surface area contributed by atoms with Gasteiger partial charge in [-0.25, -0.2) is 15.0 Å². The van der Waals surface area contributed by atoms with Crippen molar-refractivity contribution >= 4 is 28.8 Å². The van der Waals surface area contributed by atoms with Crippen LogP contribution in [-0.4, -0.2) is 44.0 Å². The van der Waals surface area contributed by atoms with Crippen LogP contribution in [0.15, 0.2) is 48.9 Å². The molecule has 1 atom stereocenters. The number of likely N-dealkylation sites (tertiary alicyclic amines) is 1. The molecule has 0 radical (unpaired) electrons. The molecule has 6 nitrogen and oxygen atoms in total. The minimum absolute atomic E-state index is 0.0286. The highest BCUT2D eigenvalue weighted by molar-refractivity contribution is 7.16. The van der Waals surface area contributed by atoms with Crippen LogP contribution >= 0.6 is 22.9 Å². The van der Waals surface area contributed by atoms with Crippen molar-refractivity contribution in [2.24, 2.45) is 5.92 Å². The number of aromatic nitrogens is 3. The Kier molecular flexibility index (Phi) is 5.66. The van der Waals surface area contributed by atoms with E-state index in [4.69, 9.17) is 11.6 Å². The summed E-state index contributed by atoms with van der Waals surface area (Å²) in [5, 5.41) is 11.9. The lowest BCUT2D eigenvalue weighted by molar-refractivity contribution is 0.0465. The SMILES string of the molecule is O=C(c1cnc(-c2ncccn2)s1)N1CCC([C@H](O)c2ccc(Cl)cc2)CC1.